The molecular formula is C51H90N10O31S2. The average molecular weight is 1400 g/mol. The number of hydrogen-bond donors (Lipinski definition) is 29. The number of aliphatic carboxylic acids is 4. The van der Waals surface area contributed by atoms with Crippen LogP contribution in [0.15, 0.2) is 0 Å². The SMILES string of the molecule is CC(C)(SSCC(N)C(=O)O)C(NC(=O)C(CCC(=O)NCC(O)C(O)C(O)C(O)CO)NC(=O)C(CCC(=O)O)NC(=O)C(CCC(=O)NCC(O)C(O)C(O)C(O)CO)NC(=O)C(CCC(=O)O)NC(=O)C(N)CCC(=O)NCC(O)C(O)C(O)C(O)CO)C(=O)O. The largest absolute Gasteiger partial charge is 0.481 e. The number of hydrogen-bond acceptors (Lipinski definition) is 31. The van der Waals surface area contributed by atoms with E-state index in [1.54, 1.807) is 0 Å². The van der Waals surface area contributed by atoms with E-state index in [1.807, 2.05) is 0 Å². The number of carbonyl (C=O) groups is 12. The average Bonchev–Trinajstić information content (AvgIpc) is 0.912. The quantitative estimate of drug-likeness (QED) is 0.0252. The van der Waals surface area contributed by atoms with Gasteiger partial charge in [0.25, 0.3) is 0 Å². The van der Waals surface area contributed by atoms with Gasteiger partial charge in [0.05, 0.1) is 48.9 Å². The Balaban J connectivity index is 7.36. The summed E-state index contributed by atoms with van der Waals surface area (Å²) in [6.45, 7) is -3.01. The zero-order valence-corrected chi connectivity index (χ0v) is 52.5. The van der Waals surface area contributed by atoms with Crippen molar-refractivity contribution in [1.82, 2.24) is 42.5 Å². The zero-order chi connectivity index (χ0) is 72.5. The lowest BCUT2D eigenvalue weighted by Crippen LogP contribution is -2.60. The molecule has 0 radical (unpaired) electrons. The molecule has 0 saturated carbocycles. The highest BCUT2D eigenvalue weighted by Gasteiger charge is 2.41. The third-order valence-corrected chi connectivity index (χ3v) is 17.1. The highest BCUT2D eigenvalue weighted by Crippen LogP contribution is 2.38. The summed E-state index contributed by atoms with van der Waals surface area (Å²) in [5.74, 6) is -16.7. The molecule has 19 unspecified atom stereocenters. The Morgan fingerprint density at radius 3 is 0.936 bits per heavy atom. The molecule has 0 aromatic carbocycles. The Bertz CT molecular complexity index is 2460. The highest BCUT2D eigenvalue weighted by atomic mass is 33.1. The van der Waals surface area contributed by atoms with Gasteiger partial charge in [0, 0.05) is 57.5 Å². The molecule has 0 saturated heterocycles. The van der Waals surface area contributed by atoms with E-state index in [2.05, 4.69) is 42.5 Å². The van der Waals surface area contributed by atoms with Crippen molar-refractivity contribution in [2.45, 2.75) is 198 Å². The van der Waals surface area contributed by atoms with E-state index in [-0.39, 0.29) is 5.75 Å². The van der Waals surface area contributed by atoms with Crippen molar-refractivity contribution in [3.8, 4) is 0 Å². The summed E-state index contributed by atoms with van der Waals surface area (Å²) < 4.78 is -1.57. The molecule has 31 N–H and O–H groups in total. The van der Waals surface area contributed by atoms with Gasteiger partial charge in [-0.15, -0.1) is 0 Å². The number of aliphatic hydroxyl groups is 15. The van der Waals surface area contributed by atoms with Crippen LogP contribution in [0.2, 0.25) is 0 Å². The second-order valence-electron chi connectivity index (χ2n) is 21.8. The van der Waals surface area contributed by atoms with Crippen molar-refractivity contribution < 1.29 is 155 Å². The van der Waals surface area contributed by atoms with E-state index in [0.29, 0.717) is 0 Å². The fourth-order valence-corrected chi connectivity index (χ4v) is 10.6. The van der Waals surface area contributed by atoms with E-state index < -0.39 is 295 Å². The van der Waals surface area contributed by atoms with Gasteiger partial charge in [0.1, 0.15) is 91.2 Å². The van der Waals surface area contributed by atoms with E-state index in [4.69, 9.17) is 26.8 Å². The Labute approximate surface area is 543 Å². The minimum Gasteiger partial charge on any atom is -0.481 e. The molecule has 0 aliphatic rings. The smallest absolute Gasteiger partial charge is 0.327 e. The molecule has 0 aliphatic heterocycles. The van der Waals surface area contributed by atoms with Crippen LogP contribution in [0.3, 0.4) is 0 Å². The molecule has 41 nitrogen and oxygen atoms in total. The summed E-state index contributed by atoms with van der Waals surface area (Å²) in [5.41, 5.74) is 11.5. The second kappa shape index (κ2) is 44.4. The molecule has 0 rings (SSSR count). The van der Waals surface area contributed by atoms with Crippen LogP contribution < -0.4 is 54.0 Å². The molecule has 19 atom stereocenters. The first-order valence-corrected chi connectivity index (χ1v) is 31.0. The van der Waals surface area contributed by atoms with Gasteiger partial charge < -0.3 is 151 Å². The van der Waals surface area contributed by atoms with Gasteiger partial charge in [-0.3, -0.25) is 52.7 Å². The maximum absolute atomic E-state index is 14.4. The van der Waals surface area contributed by atoms with Gasteiger partial charge in [-0.1, -0.05) is 21.6 Å². The summed E-state index contributed by atoms with van der Waals surface area (Å²) in [6, 6.07) is -13.3. The van der Waals surface area contributed by atoms with E-state index in [9.17, 15) is 139 Å². The van der Waals surface area contributed by atoms with Crippen LogP contribution in [0, 0.1) is 0 Å². The van der Waals surface area contributed by atoms with Crippen molar-refractivity contribution in [2.75, 3.05) is 45.2 Å². The van der Waals surface area contributed by atoms with Crippen LogP contribution in [0.1, 0.15) is 78.1 Å². The minimum absolute atomic E-state index is 0.272. The topological polar surface area (TPSA) is 737 Å². The fourth-order valence-electron chi connectivity index (χ4n) is 7.80. The molecular weight excluding hydrogens is 1310 g/mol. The number of carboxylic acid groups (broad SMARTS) is 4. The van der Waals surface area contributed by atoms with E-state index >= 15 is 0 Å². The molecule has 0 aromatic heterocycles. The maximum atomic E-state index is 14.4. The van der Waals surface area contributed by atoms with E-state index in [0.717, 1.165) is 21.6 Å². The second-order valence-corrected chi connectivity index (χ2v) is 24.8. The van der Waals surface area contributed by atoms with Crippen molar-refractivity contribution in [2.24, 2.45) is 11.5 Å². The van der Waals surface area contributed by atoms with Crippen molar-refractivity contribution >= 4 is 92.7 Å². The standard InChI is InChI=1S/C51H90N10O31S2/c1-51(2,94-93-19-21(53)49(89)90)43(50(91)92)61-48(88)23(5-10-34(73)56-15-28(67)39(80)42(83)31(70)18-64)59-47(87)25(7-12-36(76)77)60-45(85)22(4-9-33(72)55-14-27(66)38(79)41(82)30(69)17-63)58-46(86)24(6-11-35(74)75)57-44(84)20(52)3-8-32(71)54-13-26(65)37(78)40(81)29(68)16-62/h20-31,37-43,62-70,78-83H,3-19,52-53H2,1-2H3,(H,54,71)(H,55,72)(H,56,73)(H,57,84)(H,58,86)(H,59,87)(H,60,85)(H,61,88)(H,74,75)(H,76,77)(H,89,90)(H,91,92). The van der Waals surface area contributed by atoms with Crippen LogP contribution in [-0.2, 0) is 57.5 Å². The van der Waals surface area contributed by atoms with Crippen molar-refractivity contribution in [3.63, 3.8) is 0 Å². The van der Waals surface area contributed by atoms with Crippen LogP contribution in [0.25, 0.3) is 0 Å². The lowest BCUT2D eigenvalue weighted by Gasteiger charge is -2.32. The Kier molecular flexibility index (Phi) is 41.4. The number of amides is 8. The lowest BCUT2D eigenvalue weighted by atomic mass is 10.0. The first-order valence-electron chi connectivity index (χ1n) is 28.7. The zero-order valence-electron chi connectivity index (χ0n) is 50.9. The predicted molar refractivity (Wildman–Crippen MR) is 319 cm³/mol. The van der Waals surface area contributed by atoms with Crippen LogP contribution in [0.5, 0.6) is 0 Å². The minimum atomic E-state index is -2.19. The van der Waals surface area contributed by atoms with Crippen LogP contribution in [-0.4, -0.2) is 334 Å². The van der Waals surface area contributed by atoms with Crippen molar-refractivity contribution in [3.05, 3.63) is 0 Å². The number of carbonyl (C=O) groups excluding carboxylic acids is 8. The highest BCUT2D eigenvalue weighted by molar-refractivity contribution is 8.77. The van der Waals surface area contributed by atoms with Gasteiger partial charge in [0.2, 0.25) is 47.3 Å². The number of aliphatic hydroxyl groups excluding tert-OH is 15. The van der Waals surface area contributed by atoms with E-state index in [1.165, 1.54) is 13.8 Å². The normalized spacial score (nSPS) is 17.8. The fraction of sp³-hybridized carbons (Fsp3) is 0.765. The lowest BCUT2D eigenvalue weighted by molar-refractivity contribution is -0.143. The molecule has 542 valence electrons. The molecule has 94 heavy (non-hydrogen) atoms. The predicted octanol–water partition coefficient (Wildman–Crippen LogP) is -13.9. The third-order valence-electron chi connectivity index (χ3n) is 13.7. The van der Waals surface area contributed by atoms with Gasteiger partial charge in [-0.25, -0.2) is 4.79 Å². The number of nitrogens with one attached hydrogen (secondary N) is 8. The molecule has 0 aliphatic carbocycles. The van der Waals surface area contributed by atoms with Crippen LogP contribution >= 0.6 is 21.6 Å². The first kappa shape index (κ1) is 87.7. The Morgan fingerprint density at radius 1 is 0.372 bits per heavy atom. The van der Waals surface area contributed by atoms with Gasteiger partial charge in [-0.05, 0) is 46.0 Å². The Hall–Kier alpha value is -6.34. The first-order chi connectivity index (χ1) is 43.7. The molecule has 0 heterocycles. The molecule has 0 aromatic rings. The summed E-state index contributed by atoms with van der Waals surface area (Å²) in [5, 5.41) is 203. The molecule has 0 fully saturated rings. The maximum Gasteiger partial charge on any atom is 0.327 e. The number of rotatable bonds is 50. The Morgan fingerprint density at radius 2 is 0.649 bits per heavy atom. The third kappa shape index (κ3) is 32.9. The number of nitrogens with two attached hydrogens (primary N) is 2. The number of carboxylic acids is 4. The van der Waals surface area contributed by atoms with Crippen LogP contribution in [0.4, 0.5) is 0 Å². The van der Waals surface area contributed by atoms with Crippen molar-refractivity contribution in [1.29, 1.82) is 0 Å². The summed E-state index contributed by atoms with van der Waals surface area (Å²) in [7, 11) is 1.55. The van der Waals surface area contributed by atoms with Gasteiger partial charge in [-0.2, -0.15) is 0 Å². The van der Waals surface area contributed by atoms with Gasteiger partial charge in [0.15, 0.2) is 0 Å². The summed E-state index contributed by atoms with van der Waals surface area (Å²) in [4.78, 5) is 157. The molecule has 0 bridgehead atoms. The molecule has 0 spiro atoms. The van der Waals surface area contributed by atoms with Gasteiger partial charge >= 0.3 is 23.9 Å². The summed E-state index contributed by atoms with van der Waals surface area (Å²) in [6.07, 6.45) is -32.6. The molecule has 43 heteroatoms. The molecule has 8 amide bonds. The monoisotopic (exact) mass is 1400 g/mol. The summed E-state index contributed by atoms with van der Waals surface area (Å²) >= 11 is 0.